The highest BCUT2D eigenvalue weighted by Gasteiger charge is 2.24. The van der Waals surface area contributed by atoms with Crippen LogP contribution in [-0.2, 0) is 6.54 Å². The van der Waals surface area contributed by atoms with Crippen LogP contribution in [0.25, 0.3) is 0 Å². The first kappa shape index (κ1) is 18.2. The molecule has 2 N–H and O–H groups in total. The maximum atomic E-state index is 12.6. The molecule has 0 aliphatic carbocycles. The number of piperazine rings is 1. The van der Waals surface area contributed by atoms with Crippen LogP contribution >= 0.6 is 11.6 Å². The number of halogens is 1. The van der Waals surface area contributed by atoms with Gasteiger partial charge in [0.1, 0.15) is 5.69 Å². The smallest absolute Gasteiger partial charge is 0.292 e. The molecule has 2 aromatic rings. The fraction of sp³-hybridized carbons (Fsp3) is 0.278. The number of nitrogens with two attached hydrogens (primary N) is 1. The lowest BCUT2D eigenvalue weighted by atomic mass is 10.1. The van der Waals surface area contributed by atoms with Crippen molar-refractivity contribution >= 4 is 28.9 Å². The number of carbonyl (C=O) groups is 1. The Morgan fingerprint density at radius 2 is 1.88 bits per heavy atom. The molecule has 1 fully saturated rings. The molecule has 8 heteroatoms. The fourth-order valence-electron chi connectivity index (χ4n) is 3.02. The van der Waals surface area contributed by atoms with E-state index >= 15 is 0 Å². The number of anilines is 1. The molecule has 1 heterocycles. The van der Waals surface area contributed by atoms with Crippen molar-refractivity contribution in [3.05, 3.63) is 68.7 Å². The summed E-state index contributed by atoms with van der Waals surface area (Å²) in [6.07, 6.45) is 0. The van der Waals surface area contributed by atoms with E-state index in [4.69, 9.17) is 17.3 Å². The second-order valence-electron chi connectivity index (χ2n) is 6.23. The third-order valence-electron chi connectivity index (χ3n) is 4.43. The molecule has 2 aromatic carbocycles. The van der Waals surface area contributed by atoms with Gasteiger partial charge in [0, 0.05) is 49.4 Å². The Hall–Kier alpha value is -2.64. The van der Waals surface area contributed by atoms with E-state index < -0.39 is 4.92 Å². The van der Waals surface area contributed by atoms with Gasteiger partial charge in [0.25, 0.3) is 11.6 Å². The highest BCUT2D eigenvalue weighted by atomic mass is 35.5. The van der Waals surface area contributed by atoms with Crippen LogP contribution in [0.3, 0.4) is 0 Å². The number of carbonyl (C=O) groups excluding carboxylic acids is 1. The summed E-state index contributed by atoms with van der Waals surface area (Å²) in [6.45, 7) is 3.37. The molecule has 1 aliphatic rings. The molecule has 0 spiro atoms. The predicted molar refractivity (Wildman–Crippen MR) is 100 cm³/mol. The Bertz CT molecular complexity index is 835. The number of rotatable bonds is 4. The van der Waals surface area contributed by atoms with E-state index in [1.54, 1.807) is 4.90 Å². The van der Waals surface area contributed by atoms with Crippen molar-refractivity contribution in [2.24, 2.45) is 0 Å². The Morgan fingerprint density at radius 1 is 1.15 bits per heavy atom. The Labute approximate surface area is 156 Å². The molecular weight excluding hydrogens is 356 g/mol. The van der Waals surface area contributed by atoms with Crippen molar-refractivity contribution in [1.82, 2.24) is 9.80 Å². The zero-order valence-electron chi connectivity index (χ0n) is 14.1. The van der Waals surface area contributed by atoms with E-state index in [2.05, 4.69) is 4.90 Å². The van der Waals surface area contributed by atoms with Crippen LogP contribution in [0.1, 0.15) is 15.9 Å². The quantitative estimate of drug-likeness (QED) is 0.504. The maximum Gasteiger partial charge on any atom is 0.292 e. The summed E-state index contributed by atoms with van der Waals surface area (Å²) in [5.74, 6) is -0.212. The SMILES string of the molecule is Nc1ccc(C(=O)N2CCN(Cc3cccc(Cl)c3)CC2)cc1[N+](=O)[O-]. The highest BCUT2D eigenvalue weighted by molar-refractivity contribution is 6.30. The van der Waals surface area contributed by atoms with Crippen molar-refractivity contribution in [3.8, 4) is 0 Å². The molecule has 1 amide bonds. The average Bonchev–Trinajstić information content (AvgIpc) is 2.62. The van der Waals surface area contributed by atoms with Gasteiger partial charge in [-0.15, -0.1) is 0 Å². The first-order valence-corrected chi connectivity index (χ1v) is 8.62. The van der Waals surface area contributed by atoms with Gasteiger partial charge in [-0.2, -0.15) is 0 Å². The normalized spacial score (nSPS) is 15.0. The van der Waals surface area contributed by atoms with Gasteiger partial charge in [-0.05, 0) is 29.8 Å². The van der Waals surface area contributed by atoms with Gasteiger partial charge in [0.05, 0.1) is 4.92 Å². The van der Waals surface area contributed by atoms with Gasteiger partial charge < -0.3 is 10.6 Å². The molecule has 1 saturated heterocycles. The monoisotopic (exact) mass is 374 g/mol. The van der Waals surface area contributed by atoms with Gasteiger partial charge in [0.15, 0.2) is 0 Å². The first-order valence-electron chi connectivity index (χ1n) is 8.24. The number of nitro groups is 1. The second-order valence-corrected chi connectivity index (χ2v) is 6.67. The van der Waals surface area contributed by atoms with E-state index in [1.807, 2.05) is 24.3 Å². The molecule has 3 rings (SSSR count). The topological polar surface area (TPSA) is 92.7 Å². The van der Waals surface area contributed by atoms with E-state index in [-0.39, 0.29) is 22.8 Å². The molecule has 7 nitrogen and oxygen atoms in total. The van der Waals surface area contributed by atoms with Crippen LogP contribution in [0.5, 0.6) is 0 Å². The zero-order chi connectivity index (χ0) is 18.7. The van der Waals surface area contributed by atoms with Gasteiger partial charge in [-0.1, -0.05) is 23.7 Å². The standard InChI is InChI=1S/C18H19ClN4O3/c19-15-3-1-2-13(10-15)12-21-6-8-22(9-7-21)18(24)14-4-5-16(20)17(11-14)23(25)26/h1-5,10-11H,6-9,12,20H2. The van der Waals surface area contributed by atoms with Crippen LogP contribution in [0.4, 0.5) is 11.4 Å². The first-order chi connectivity index (χ1) is 12.4. The molecule has 0 saturated carbocycles. The summed E-state index contributed by atoms with van der Waals surface area (Å²) in [5, 5.41) is 11.7. The summed E-state index contributed by atoms with van der Waals surface area (Å²) in [5.41, 5.74) is 6.82. The van der Waals surface area contributed by atoms with Crippen molar-refractivity contribution in [3.63, 3.8) is 0 Å². The minimum absolute atomic E-state index is 0.0536. The Kier molecular flexibility index (Phi) is 5.39. The van der Waals surface area contributed by atoms with Gasteiger partial charge in [-0.3, -0.25) is 19.8 Å². The largest absolute Gasteiger partial charge is 0.393 e. The maximum absolute atomic E-state index is 12.6. The molecule has 1 aliphatic heterocycles. The number of nitro benzene ring substituents is 1. The molecule has 0 aromatic heterocycles. The minimum Gasteiger partial charge on any atom is -0.393 e. The van der Waals surface area contributed by atoms with E-state index in [1.165, 1.54) is 18.2 Å². The molecule has 136 valence electrons. The Morgan fingerprint density at radius 3 is 2.54 bits per heavy atom. The fourth-order valence-corrected chi connectivity index (χ4v) is 3.23. The second kappa shape index (κ2) is 7.72. The summed E-state index contributed by atoms with van der Waals surface area (Å²) >= 11 is 6.01. The number of nitrogens with zero attached hydrogens (tertiary/aromatic N) is 3. The lowest BCUT2D eigenvalue weighted by Gasteiger charge is -2.34. The van der Waals surface area contributed by atoms with Gasteiger partial charge >= 0.3 is 0 Å². The van der Waals surface area contributed by atoms with Crippen LogP contribution in [0, 0.1) is 10.1 Å². The number of hydrogen-bond acceptors (Lipinski definition) is 5. The summed E-state index contributed by atoms with van der Waals surface area (Å²) in [6, 6.07) is 11.9. The molecular formula is C18H19ClN4O3. The molecule has 0 radical (unpaired) electrons. The van der Waals surface area contributed by atoms with E-state index in [9.17, 15) is 14.9 Å². The minimum atomic E-state index is -0.574. The molecule has 0 atom stereocenters. The lowest BCUT2D eigenvalue weighted by molar-refractivity contribution is -0.383. The van der Waals surface area contributed by atoms with E-state index in [0.717, 1.165) is 25.2 Å². The number of amides is 1. The van der Waals surface area contributed by atoms with Crippen LogP contribution < -0.4 is 5.73 Å². The van der Waals surface area contributed by atoms with Gasteiger partial charge in [0.2, 0.25) is 0 Å². The molecule has 26 heavy (non-hydrogen) atoms. The van der Waals surface area contributed by atoms with Crippen molar-refractivity contribution < 1.29 is 9.72 Å². The molecule has 0 unspecified atom stereocenters. The van der Waals surface area contributed by atoms with Gasteiger partial charge in [-0.25, -0.2) is 0 Å². The lowest BCUT2D eigenvalue weighted by Crippen LogP contribution is -2.48. The number of nitrogen functional groups attached to an aromatic ring is 1. The average molecular weight is 375 g/mol. The van der Waals surface area contributed by atoms with Crippen molar-refractivity contribution in [2.45, 2.75) is 6.54 Å². The Balaban J connectivity index is 1.62. The third-order valence-corrected chi connectivity index (χ3v) is 4.66. The number of benzene rings is 2. The van der Waals surface area contributed by atoms with Crippen molar-refractivity contribution in [1.29, 1.82) is 0 Å². The molecule has 0 bridgehead atoms. The summed E-state index contributed by atoms with van der Waals surface area (Å²) in [7, 11) is 0. The summed E-state index contributed by atoms with van der Waals surface area (Å²) < 4.78 is 0. The van der Waals surface area contributed by atoms with Crippen LogP contribution in [0.15, 0.2) is 42.5 Å². The van der Waals surface area contributed by atoms with Crippen LogP contribution in [0.2, 0.25) is 5.02 Å². The van der Waals surface area contributed by atoms with Crippen LogP contribution in [-0.4, -0.2) is 46.8 Å². The highest BCUT2D eigenvalue weighted by Crippen LogP contribution is 2.23. The predicted octanol–water partition coefficient (Wildman–Crippen LogP) is 2.79. The zero-order valence-corrected chi connectivity index (χ0v) is 14.9. The number of hydrogen-bond donors (Lipinski definition) is 1. The summed E-state index contributed by atoms with van der Waals surface area (Å²) in [4.78, 5) is 27.0. The van der Waals surface area contributed by atoms with Crippen molar-refractivity contribution in [2.75, 3.05) is 31.9 Å². The third kappa shape index (κ3) is 4.12. The van der Waals surface area contributed by atoms with E-state index in [0.29, 0.717) is 18.1 Å².